The van der Waals surface area contributed by atoms with Crippen LogP contribution in [0.3, 0.4) is 0 Å². The fourth-order valence-electron chi connectivity index (χ4n) is 2.22. The molecule has 4 nitrogen and oxygen atoms in total. The highest BCUT2D eigenvalue weighted by atomic mass is 79.9. The van der Waals surface area contributed by atoms with Gasteiger partial charge in [-0.05, 0) is 60.4 Å². The molecular formula is C13H21BrN4. The average Bonchev–Trinajstić information content (AvgIpc) is 2.32. The fourth-order valence-corrected chi connectivity index (χ4v) is 2.72. The monoisotopic (exact) mass is 312 g/mol. The molecule has 18 heavy (non-hydrogen) atoms. The van der Waals surface area contributed by atoms with Gasteiger partial charge in [-0.3, -0.25) is 0 Å². The number of likely N-dealkylation sites (tertiary alicyclic amines) is 1. The van der Waals surface area contributed by atoms with Gasteiger partial charge in [0, 0.05) is 6.54 Å². The number of hydrogen-bond donors (Lipinski definition) is 2. The van der Waals surface area contributed by atoms with Crippen molar-refractivity contribution in [2.75, 3.05) is 37.7 Å². The Morgan fingerprint density at radius 2 is 2.17 bits per heavy atom. The largest absolute Gasteiger partial charge is 0.397 e. The molecule has 0 bridgehead atoms. The topological polar surface area (TPSA) is 54.2 Å². The van der Waals surface area contributed by atoms with Crippen LogP contribution >= 0.6 is 15.9 Å². The van der Waals surface area contributed by atoms with Crippen molar-refractivity contribution in [1.29, 1.82) is 0 Å². The number of anilines is 2. The number of hydrogen-bond acceptors (Lipinski definition) is 4. The lowest BCUT2D eigenvalue weighted by Gasteiger charge is -2.38. The molecule has 3 N–H and O–H groups in total. The SMILES string of the molecule is CN1CCC(C)(CNc2ncc(N)cc2Br)CC1. The maximum atomic E-state index is 5.68. The van der Waals surface area contributed by atoms with Crippen molar-refractivity contribution >= 4 is 27.4 Å². The molecule has 0 amide bonds. The van der Waals surface area contributed by atoms with Gasteiger partial charge >= 0.3 is 0 Å². The Morgan fingerprint density at radius 3 is 2.78 bits per heavy atom. The van der Waals surface area contributed by atoms with E-state index in [4.69, 9.17) is 5.73 Å². The lowest BCUT2D eigenvalue weighted by Crippen LogP contribution is -2.40. The van der Waals surface area contributed by atoms with E-state index in [0.29, 0.717) is 11.1 Å². The highest BCUT2D eigenvalue weighted by molar-refractivity contribution is 9.10. The number of rotatable bonds is 3. The summed E-state index contributed by atoms with van der Waals surface area (Å²) in [5, 5.41) is 3.43. The van der Waals surface area contributed by atoms with Gasteiger partial charge in [0.25, 0.3) is 0 Å². The van der Waals surface area contributed by atoms with Crippen LogP contribution in [0.25, 0.3) is 0 Å². The summed E-state index contributed by atoms with van der Waals surface area (Å²) in [6.07, 6.45) is 4.14. The number of nitrogens with one attached hydrogen (secondary N) is 1. The van der Waals surface area contributed by atoms with Crippen molar-refractivity contribution in [1.82, 2.24) is 9.88 Å². The molecule has 0 radical (unpaired) electrons. The van der Waals surface area contributed by atoms with E-state index in [1.807, 2.05) is 6.07 Å². The van der Waals surface area contributed by atoms with Crippen molar-refractivity contribution < 1.29 is 0 Å². The van der Waals surface area contributed by atoms with Crippen LogP contribution in [0, 0.1) is 5.41 Å². The summed E-state index contributed by atoms with van der Waals surface area (Å²) < 4.78 is 0.930. The Kier molecular flexibility index (Phi) is 4.12. The van der Waals surface area contributed by atoms with Crippen LogP contribution in [0.2, 0.25) is 0 Å². The summed E-state index contributed by atoms with van der Waals surface area (Å²) in [5.74, 6) is 0.879. The van der Waals surface area contributed by atoms with Crippen LogP contribution in [-0.2, 0) is 0 Å². The van der Waals surface area contributed by atoms with E-state index >= 15 is 0 Å². The van der Waals surface area contributed by atoms with E-state index in [0.717, 1.165) is 16.8 Å². The Balaban J connectivity index is 1.94. The van der Waals surface area contributed by atoms with Gasteiger partial charge in [-0.2, -0.15) is 0 Å². The van der Waals surface area contributed by atoms with Gasteiger partial charge in [0.2, 0.25) is 0 Å². The second-order valence-electron chi connectivity index (χ2n) is 5.57. The number of nitrogens with zero attached hydrogens (tertiary/aromatic N) is 2. The molecule has 1 fully saturated rings. The Morgan fingerprint density at radius 1 is 1.50 bits per heavy atom. The summed E-state index contributed by atoms with van der Waals surface area (Å²) in [4.78, 5) is 6.70. The van der Waals surface area contributed by atoms with E-state index in [9.17, 15) is 0 Å². The lowest BCUT2D eigenvalue weighted by molar-refractivity contribution is 0.150. The molecule has 2 heterocycles. The van der Waals surface area contributed by atoms with Gasteiger partial charge in [-0.15, -0.1) is 0 Å². The third kappa shape index (κ3) is 3.36. The van der Waals surface area contributed by atoms with Crippen LogP contribution in [-0.4, -0.2) is 36.6 Å². The molecule has 100 valence electrons. The second-order valence-corrected chi connectivity index (χ2v) is 6.42. The molecule has 1 aliphatic rings. The third-order valence-electron chi connectivity index (χ3n) is 3.74. The molecule has 0 spiro atoms. The minimum atomic E-state index is 0.356. The zero-order valence-electron chi connectivity index (χ0n) is 11.0. The van der Waals surface area contributed by atoms with Gasteiger partial charge in [-0.25, -0.2) is 4.98 Å². The molecule has 1 aromatic rings. The Bertz CT molecular complexity index is 413. The van der Waals surface area contributed by atoms with Crippen LogP contribution < -0.4 is 11.1 Å². The highest BCUT2D eigenvalue weighted by Crippen LogP contribution is 2.31. The quantitative estimate of drug-likeness (QED) is 0.900. The van der Waals surface area contributed by atoms with Crippen molar-refractivity contribution in [3.8, 4) is 0 Å². The molecular weight excluding hydrogens is 292 g/mol. The lowest BCUT2D eigenvalue weighted by atomic mass is 9.80. The Hall–Kier alpha value is -0.810. The molecule has 1 aromatic heterocycles. The molecule has 0 aromatic carbocycles. The van der Waals surface area contributed by atoms with E-state index in [1.54, 1.807) is 6.20 Å². The van der Waals surface area contributed by atoms with Crippen molar-refractivity contribution in [2.45, 2.75) is 19.8 Å². The second kappa shape index (κ2) is 5.45. The highest BCUT2D eigenvalue weighted by Gasteiger charge is 2.28. The normalized spacial score (nSPS) is 19.7. The molecule has 1 saturated heterocycles. The predicted molar refractivity (Wildman–Crippen MR) is 79.7 cm³/mol. The fraction of sp³-hybridized carbons (Fsp3) is 0.615. The number of aromatic nitrogens is 1. The maximum absolute atomic E-state index is 5.68. The number of pyridine rings is 1. The number of halogens is 1. The first-order valence-corrected chi connectivity index (χ1v) is 7.11. The minimum Gasteiger partial charge on any atom is -0.397 e. The minimum absolute atomic E-state index is 0.356. The first-order chi connectivity index (χ1) is 8.48. The smallest absolute Gasteiger partial charge is 0.140 e. The number of nitrogen functional groups attached to an aromatic ring is 1. The van der Waals surface area contributed by atoms with Gasteiger partial charge < -0.3 is 16.0 Å². The predicted octanol–water partition coefficient (Wildman–Crippen LogP) is 2.57. The first-order valence-electron chi connectivity index (χ1n) is 6.32. The average molecular weight is 313 g/mol. The van der Waals surface area contributed by atoms with Gasteiger partial charge in [0.15, 0.2) is 0 Å². The van der Waals surface area contributed by atoms with E-state index in [2.05, 4.69) is 45.1 Å². The van der Waals surface area contributed by atoms with E-state index < -0.39 is 0 Å². The van der Waals surface area contributed by atoms with Crippen molar-refractivity contribution in [3.05, 3.63) is 16.7 Å². The number of piperidine rings is 1. The summed E-state index contributed by atoms with van der Waals surface area (Å²) in [7, 11) is 2.19. The standard InChI is InChI=1S/C13H21BrN4/c1-13(3-5-18(2)6-4-13)9-17-12-11(14)7-10(15)8-16-12/h7-8H,3-6,9,15H2,1-2H3,(H,16,17). The molecule has 0 aliphatic carbocycles. The third-order valence-corrected chi connectivity index (χ3v) is 4.34. The number of nitrogens with two attached hydrogens (primary N) is 1. The molecule has 0 unspecified atom stereocenters. The maximum Gasteiger partial charge on any atom is 0.140 e. The van der Waals surface area contributed by atoms with Crippen LogP contribution in [0.4, 0.5) is 11.5 Å². The molecule has 5 heteroatoms. The molecule has 0 atom stereocenters. The summed E-state index contributed by atoms with van der Waals surface area (Å²) in [6, 6.07) is 1.88. The van der Waals surface area contributed by atoms with Crippen LogP contribution in [0.1, 0.15) is 19.8 Å². The summed E-state index contributed by atoms with van der Waals surface area (Å²) in [5.41, 5.74) is 6.72. The molecule has 2 rings (SSSR count). The van der Waals surface area contributed by atoms with Gasteiger partial charge in [0.05, 0.1) is 16.4 Å². The zero-order chi connectivity index (χ0) is 13.2. The summed E-state index contributed by atoms with van der Waals surface area (Å²) in [6.45, 7) is 5.65. The van der Waals surface area contributed by atoms with Gasteiger partial charge in [0.1, 0.15) is 5.82 Å². The molecule has 0 saturated carbocycles. The summed E-state index contributed by atoms with van der Waals surface area (Å²) >= 11 is 3.49. The van der Waals surface area contributed by atoms with E-state index in [1.165, 1.54) is 25.9 Å². The van der Waals surface area contributed by atoms with Gasteiger partial charge in [-0.1, -0.05) is 6.92 Å². The van der Waals surface area contributed by atoms with Crippen LogP contribution in [0.15, 0.2) is 16.7 Å². The van der Waals surface area contributed by atoms with Crippen molar-refractivity contribution in [3.63, 3.8) is 0 Å². The first kappa shape index (κ1) is 13.6. The Labute approximate surface area is 117 Å². The zero-order valence-corrected chi connectivity index (χ0v) is 12.6. The van der Waals surface area contributed by atoms with Crippen LogP contribution in [0.5, 0.6) is 0 Å². The van der Waals surface area contributed by atoms with E-state index in [-0.39, 0.29) is 0 Å². The van der Waals surface area contributed by atoms with Crippen molar-refractivity contribution in [2.24, 2.45) is 5.41 Å². The molecule has 1 aliphatic heterocycles.